The van der Waals surface area contributed by atoms with Crippen molar-refractivity contribution in [2.75, 3.05) is 4.72 Å². The monoisotopic (exact) mass is 379 g/mol. The molecule has 1 N–H and O–H groups in total. The van der Waals surface area contributed by atoms with Gasteiger partial charge in [0.2, 0.25) is 0 Å². The fourth-order valence-electron chi connectivity index (χ4n) is 1.39. The zero-order valence-corrected chi connectivity index (χ0v) is 13.3. The average Bonchev–Trinajstić information content (AvgIpc) is 2.34. The maximum Gasteiger partial charge on any atom is 0.261 e. The highest BCUT2D eigenvalue weighted by atomic mass is 79.9. The molecule has 0 spiro atoms. The van der Waals surface area contributed by atoms with E-state index in [9.17, 15) is 8.42 Å². The van der Waals surface area contributed by atoms with E-state index in [1.807, 2.05) is 0 Å². The van der Waals surface area contributed by atoms with E-state index in [0.29, 0.717) is 20.2 Å². The number of halogens is 3. The normalized spacial score (nSPS) is 11.3. The van der Waals surface area contributed by atoms with Crippen LogP contribution in [-0.2, 0) is 10.0 Å². The van der Waals surface area contributed by atoms with Crippen molar-refractivity contribution < 1.29 is 8.42 Å². The zero-order chi connectivity index (χ0) is 14.0. The SMILES string of the molecule is O=S(=O)(Nc1ccc(Br)c(Cl)c1)c1ccc(Cl)cc1. The second kappa shape index (κ2) is 5.71. The molecule has 2 rings (SSSR count). The van der Waals surface area contributed by atoms with Crippen LogP contribution in [-0.4, -0.2) is 8.42 Å². The first-order valence-electron chi connectivity index (χ1n) is 5.12. The molecule has 19 heavy (non-hydrogen) atoms. The van der Waals surface area contributed by atoms with Crippen LogP contribution in [0.4, 0.5) is 5.69 Å². The Balaban J connectivity index is 2.30. The third kappa shape index (κ3) is 3.63. The van der Waals surface area contributed by atoms with Gasteiger partial charge in [-0.2, -0.15) is 0 Å². The highest BCUT2D eigenvalue weighted by Gasteiger charge is 2.14. The summed E-state index contributed by atoms with van der Waals surface area (Å²) in [6, 6.07) is 10.7. The van der Waals surface area contributed by atoms with Crippen molar-refractivity contribution in [1.82, 2.24) is 0 Å². The van der Waals surface area contributed by atoms with Gasteiger partial charge in [0.15, 0.2) is 0 Å². The first-order valence-corrected chi connectivity index (χ1v) is 8.15. The van der Waals surface area contributed by atoms with Crippen LogP contribution >= 0.6 is 39.1 Å². The maximum absolute atomic E-state index is 12.1. The average molecular weight is 381 g/mol. The van der Waals surface area contributed by atoms with Crippen molar-refractivity contribution in [3.05, 3.63) is 57.0 Å². The number of hydrogen-bond acceptors (Lipinski definition) is 2. The number of nitrogens with one attached hydrogen (secondary N) is 1. The van der Waals surface area contributed by atoms with Crippen LogP contribution < -0.4 is 4.72 Å². The van der Waals surface area contributed by atoms with Gasteiger partial charge in [-0.3, -0.25) is 4.72 Å². The van der Waals surface area contributed by atoms with Crippen molar-refractivity contribution in [1.29, 1.82) is 0 Å². The fourth-order valence-corrected chi connectivity index (χ4v) is 2.99. The predicted molar refractivity (Wildman–Crippen MR) is 81.4 cm³/mol. The first kappa shape index (κ1) is 14.7. The van der Waals surface area contributed by atoms with Gasteiger partial charge in [0, 0.05) is 9.50 Å². The third-order valence-electron chi connectivity index (χ3n) is 2.30. The fraction of sp³-hybridized carbons (Fsp3) is 0. The van der Waals surface area contributed by atoms with Gasteiger partial charge in [-0.1, -0.05) is 23.2 Å². The zero-order valence-electron chi connectivity index (χ0n) is 9.40. The van der Waals surface area contributed by atoms with Gasteiger partial charge in [-0.05, 0) is 58.4 Å². The van der Waals surface area contributed by atoms with E-state index >= 15 is 0 Å². The summed E-state index contributed by atoms with van der Waals surface area (Å²) in [5, 5.41) is 0.905. The largest absolute Gasteiger partial charge is 0.280 e. The lowest BCUT2D eigenvalue weighted by atomic mass is 10.3. The predicted octanol–water partition coefficient (Wildman–Crippen LogP) is 4.56. The summed E-state index contributed by atoms with van der Waals surface area (Å²) in [5.74, 6) is 0. The van der Waals surface area contributed by atoms with Gasteiger partial charge >= 0.3 is 0 Å². The minimum Gasteiger partial charge on any atom is -0.280 e. The molecular weight excluding hydrogens is 373 g/mol. The molecule has 0 aliphatic heterocycles. The molecule has 100 valence electrons. The van der Waals surface area contributed by atoms with E-state index in [2.05, 4.69) is 20.7 Å². The molecule has 0 saturated carbocycles. The van der Waals surface area contributed by atoms with Crippen LogP contribution in [0.25, 0.3) is 0 Å². The molecule has 7 heteroatoms. The van der Waals surface area contributed by atoms with Gasteiger partial charge in [0.1, 0.15) is 0 Å². The van der Waals surface area contributed by atoms with Crippen LogP contribution in [0.2, 0.25) is 10.0 Å². The summed E-state index contributed by atoms with van der Waals surface area (Å²) >= 11 is 14.9. The highest BCUT2D eigenvalue weighted by molar-refractivity contribution is 9.10. The van der Waals surface area contributed by atoms with E-state index in [0.717, 1.165) is 0 Å². The minimum absolute atomic E-state index is 0.135. The Hall–Kier alpha value is -0.750. The third-order valence-corrected chi connectivity index (χ3v) is 5.18. The lowest BCUT2D eigenvalue weighted by molar-refractivity contribution is 0.601. The van der Waals surface area contributed by atoms with Crippen molar-refractivity contribution in [2.24, 2.45) is 0 Å². The lowest BCUT2D eigenvalue weighted by Gasteiger charge is -2.09. The smallest absolute Gasteiger partial charge is 0.261 e. The second-order valence-corrected chi connectivity index (χ2v) is 7.07. The van der Waals surface area contributed by atoms with Crippen LogP contribution in [0.3, 0.4) is 0 Å². The number of rotatable bonds is 3. The van der Waals surface area contributed by atoms with E-state index < -0.39 is 10.0 Å². The number of hydrogen-bond donors (Lipinski definition) is 1. The quantitative estimate of drug-likeness (QED) is 0.848. The van der Waals surface area contributed by atoms with Crippen molar-refractivity contribution in [3.8, 4) is 0 Å². The summed E-state index contributed by atoms with van der Waals surface area (Å²) in [4.78, 5) is 0.135. The maximum atomic E-state index is 12.1. The summed E-state index contributed by atoms with van der Waals surface area (Å²) in [5.41, 5.74) is 0.392. The molecule has 0 radical (unpaired) electrons. The molecule has 0 saturated heterocycles. The van der Waals surface area contributed by atoms with E-state index in [-0.39, 0.29) is 4.90 Å². The Labute approximate surface area is 129 Å². The standard InChI is InChI=1S/C12H8BrCl2NO2S/c13-11-6-3-9(7-12(11)15)16-19(17,18)10-4-1-8(14)2-5-10/h1-7,16H. The second-order valence-electron chi connectivity index (χ2n) is 3.69. The molecule has 2 aromatic rings. The molecule has 0 aromatic heterocycles. The Kier molecular flexibility index (Phi) is 4.40. The number of sulfonamides is 1. The minimum atomic E-state index is -3.64. The highest BCUT2D eigenvalue weighted by Crippen LogP contribution is 2.27. The van der Waals surface area contributed by atoms with Crippen LogP contribution in [0.1, 0.15) is 0 Å². The Morgan fingerprint density at radius 1 is 1.00 bits per heavy atom. The number of benzene rings is 2. The molecule has 0 fully saturated rings. The molecule has 0 aliphatic carbocycles. The summed E-state index contributed by atoms with van der Waals surface area (Å²) in [7, 11) is -3.64. The molecule has 0 unspecified atom stereocenters. The molecule has 0 atom stereocenters. The van der Waals surface area contributed by atoms with Gasteiger partial charge < -0.3 is 0 Å². The first-order chi connectivity index (χ1) is 8.88. The van der Waals surface area contributed by atoms with Crippen LogP contribution in [0.15, 0.2) is 51.8 Å². The molecule has 0 aliphatic rings. The summed E-state index contributed by atoms with van der Waals surface area (Å²) < 4.78 is 27.3. The topological polar surface area (TPSA) is 46.2 Å². The van der Waals surface area contributed by atoms with Crippen LogP contribution in [0, 0.1) is 0 Å². The van der Waals surface area contributed by atoms with E-state index in [1.54, 1.807) is 12.1 Å². The Morgan fingerprint density at radius 2 is 1.63 bits per heavy atom. The molecular formula is C12H8BrCl2NO2S. The van der Waals surface area contributed by atoms with Crippen LogP contribution in [0.5, 0.6) is 0 Å². The van der Waals surface area contributed by atoms with Gasteiger partial charge in [0.25, 0.3) is 10.0 Å². The summed E-state index contributed by atoms with van der Waals surface area (Å²) in [6.45, 7) is 0. The Bertz CT molecular complexity index is 702. The van der Waals surface area contributed by atoms with Crippen molar-refractivity contribution in [2.45, 2.75) is 4.90 Å². The molecule has 0 bridgehead atoms. The molecule has 2 aromatic carbocycles. The van der Waals surface area contributed by atoms with Crippen molar-refractivity contribution >= 4 is 54.8 Å². The van der Waals surface area contributed by atoms with Gasteiger partial charge in [-0.25, -0.2) is 8.42 Å². The van der Waals surface area contributed by atoms with E-state index in [1.165, 1.54) is 30.3 Å². The lowest BCUT2D eigenvalue weighted by Crippen LogP contribution is -2.12. The van der Waals surface area contributed by atoms with E-state index in [4.69, 9.17) is 23.2 Å². The van der Waals surface area contributed by atoms with Gasteiger partial charge in [-0.15, -0.1) is 0 Å². The molecule has 0 amide bonds. The number of anilines is 1. The molecule has 3 nitrogen and oxygen atoms in total. The Morgan fingerprint density at radius 3 is 2.21 bits per heavy atom. The summed E-state index contributed by atoms with van der Waals surface area (Å²) in [6.07, 6.45) is 0. The van der Waals surface area contributed by atoms with Crippen molar-refractivity contribution in [3.63, 3.8) is 0 Å². The van der Waals surface area contributed by atoms with Gasteiger partial charge in [0.05, 0.1) is 15.6 Å². The molecule has 0 heterocycles.